The maximum Gasteiger partial charge on any atom is 0.260 e. The number of anilines is 1. The highest BCUT2D eigenvalue weighted by molar-refractivity contribution is 6.05. The Bertz CT molecular complexity index is 811. The van der Waals surface area contributed by atoms with E-state index in [0.29, 0.717) is 17.0 Å². The number of amides is 2. The summed E-state index contributed by atoms with van der Waals surface area (Å²) in [5, 5.41) is 2.90. The van der Waals surface area contributed by atoms with Crippen LogP contribution in [0.1, 0.15) is 34.3 Å². The fraction of sp³-hybridized carbons (Fsp3) is 0.333. The number of aryl methyl sites for hydroxylation is 1. The minimum absolute atomic E-state index is 0.00678. The van der Waals surface area contributed by atoms with Crippen LogP contribution >= 0.6 is 0 Å². The van der Waals surface area contributed by atoms with Gasteiger partial charge in [0.15, 0.2) is 6.61 Å². The summed E-state index contributed by atoms with van der Waals surface area (Å²) in [6, 6.07) is 12.8. The molecule has 5 heteroatoms. The van der Waals surface area contributed by atoms with Crippen molar-refractivity contribution < 1.29 is 14.3 Å². The van der Waals surface area contributed by atoms with Crippen molar-refractivity contribution in [2.24, 2.45) is 0 Å². The van der Waals surface area contributed by atoms with E-state index < -0.39 is 0 Å². The first-order valence-electron chi connectivity index (χ1n) is 8.93. The lowest BCUT2D eigenvalue weighted by molar-refractivity contribution is -0.132. The van der Waals surface area contributed by atoms with Crippen molar-refractivity contribution in [2.45, 2.75) is 26.7 Å². The van der Waals surface area contributed by atoms with Crippen molar-refractivity contribution >= 4 is 17.5 Å². The van der Waals surface area contributed by atoms with Gasteiger partial charge < -0.3 is 15.0 Å². The number of ether oxygens (including phenoxy) is 1. The van der Waals surface area contributed by atoms with Crippen LogP contribution in [0.4, 0.5) is 5.69 Å². The van der Waals surface area contributed by atoms with E-state index in [1.807, 2.05) is 36.9 Å². The lowest BCUT2D eigenvalue weighted by Crippen LogP contribution is -2.32. The zero-order valence-electron chi connectivity index (χ0n) is 15.2. The lowest BCUT2D eigenvalue weighted by Gasteiger charge is -2.16. The highest BCUT2D eigenvalue weighted by atomic mass is 16.5. The number of carbonyl (C=O) groups is 2. The zero-order valence-corrected chi connectivity index (χ0v) is 15.2. The zero-order chi connectivity index (χ0) is 18.5. The second-order valence-electron chi connectivity index (χ2n) is 6.61. The molecule has 136 valence electrons. The van der Waals surface area contributed by atoms with E-state index in [9.17, 15) is 9.59 Å². The Kier molecular flexibility index (Phi) is 5.56. The highest BCUT2D eigenvalue weighted by Gasteiger charge is 2.18. The molecule has 0 atom stereocenters. The predicted molar refractivity (Wildman–Crippen MR) is 102 cm³/mol. The molecule has 1 heterocycles. The van der Waals surface area contributed by atoms with Crippen LogP contribution in [0.5, 0.6) is 5.75 Å². The van der Waals surface area contributed by atoms with Crippen molar-refractivity contribution in [1.29, 1.82) is 0 Å². The van der Waals surface area contributed by atoms with Crippen molar-refractivity contribution in [2.75, 3.05) is 25.0 Å². The summed E-state index contributed by atoms with van der Waals surface area (Å²) in [6.07, 6.45) is 2.12. The van der Waals surface area contributed by atoms with E-state index in [4.69, 9.17) is 4.74 Å². The van der Waals surface area contributed by atoms with Crippen molar-refractivity contribution in [3.8, 4) is 5.75 Å². The Labute approximate surface area is 154 Å². The number of hydrogen-bond acceptors (Lipinski definition) is 3. The second-order valence-corrected chi connectivity index (χ2v) is 6.61. The molecule has 0 aliphatic carbocycles. The number of nitrogens with one attached hydrogen (secondary N) is 1. The summed E-state index contributed by atoms with van der Waals surface area (Å²) in [5.74, 6) is 0.417. The summed E-state index contributed by atoms with van der Waals surface area (Å²) in [7, 11) is 0. The van der Waals surface area contributed by atoms with Crippen molar-refractivity contribution in [3.63, 3.8) is 0 Å². The number of rotatable bonds is 5. The summed E-state index contributed by atoms with van der Waals surface area (Å²) in [6.45, 7) is 5.57. The Balaban J connectivity index is 1.62. The Morgan fingerprint density at radius 1 is 1.08 bits per heavy atom. The first-order chi connectivity index (χ1) is 12.5. The smallest absolute Gasteiger partial charge is 0.260 e. The number of hydrogen-bond donors (Lipinski definition) is 1. The van der Waals surface area contributed by atoms with Gasteiger partial charge in [-0.1, -0.05) is 18.2 Å². The third-order valence-electron chi connectivity index (χ3n) is 4.76. The molecule has 1 saturated heterocycles. The van der Waals surface area contributed by atoms with Gasteiger partial charge in [0.25, 0.3) is 11.8 Å². The Morgan fingerprint density at radius 2 is 1.81 bits per heavy atom. The van der Waals surface area contributed by atoms with Crippen LogP contribution in [0, 0.1) is 13.8 Å². The van der Waals surface area contributed by atoms with Gasteiger partial charge in [-0.15, -0.1) is 0 Å². The van der Waals surface area contributed by atoms with E-state index in [2.05, 4.69) is 5.32 Å². The molecule has 0 saturated carbocycles. The monoisotopic (exact) mass is 352 g/mol. The first-order valence-corrected chi connectivity index (χ1v) is 8.93. The number of carbonyl (C=O) groups excluding carboxylic acids is 2. The summed E-state index contributed by atoms with van der Waals surface area (Å²) in [5.41, 5.74) is 3.34. The standard InChI is InChI=1S/C21H24N2O3/c1-15-7-5-10-19(16(15)2)21(25)22-17-8-6-9-18(13-17)26-14-20(24)23-11-3-4-12-23/h5-10,13H,3-4,11-12,14H2,1-2H3,(H,22,25). The van der Waals surface area contributed by atoms with Crippen LogP contribution in [0.3, 0.4) is 0 Å². The van der Waals surface area contributed by atoms with Crippen molar-refractivity contribution in [1.82, 2.24) is 4.90 Å². The predicted octanol–water partition coefficient (Wildman–Crippen LogP) is 3.56. The molecule has 2 aromatic carbocycles. The molecule has 1 N–H and O–H groups in total. The Hall–Kier alpha value is -2.82. The lowest BCUT2D eigenvalue weighted by atomic mass is 10.0. The van der Waals surface area contributed by atoms with E-state index in [1.165, 1.54) is 0 Å². The number of nitrogens with zero attached hydrogens (tertiary/aromatic N) is 1. The van der Waals surface area contributed by atoms with E-state index in [0.717, 1.165) is 37.1 Å². The van der Waals surface area contributed by atoms with Crippen LogP contribution in [-0.2, 0) is 4.79 Å². The van der Waals surface area contributed by atoms with Crippen LogP contribution in [-0.4, -0.2) is 36.4 Å². The van der Waals surface area contributed by atoms with Gasteiger partial charge in [-0.25, -0.2) is 0 Å². The molecule has 3 rings (SSSR count). The number of likely N-dealkylation sites (tertiary alicyclic amines) is 1. The fourth-order valence-electron chi connectivity index (χ4n) is 3.06. The van der Waals surface area contributed by atoms with Gasteiger partial charge in [-0.3, -0.25) is 9.59 Å². The average molecular weight is 352 g/mol. The molecule has 2 aromatic rings. The SMILES string of the molecule is Cc1cccc(C(=O)Nc2cccc(OCC(=O)N3CCCC3)c2)c1C. The fourth-order valence-corrected chi connectivity index (χ4v) is 3.06. The van der Waals surface area contributed by atoms with Gasteiger partial charge in [0.05, 0.1) is 0 Å². The van der Waals surface area contributed by atoms with Crippen molar-refractivity contribution in [3.05, 3.63) is 59.2 Å². The third kappa shape index (κ3) is 4.23. The topological polar surface area (TPSA) is 58.6 Å². The average Bonchev–Trinajstić information content (AvgIpc) is 3.17. The molecule has 0 spiro atoms. The molecule has 2 amide bonds. The van der Waals surface area contributed by atoms with Gasteiger partial charge in [0.2, 0.25) is 0 Å². The Morgan fingerprint density at radius 3 is 2.58 bits per heavy atom. The molecule has 0 bridgehead atoms. The summed E-state index contributed by atoms with van der Waals surface area (Å²) < 4.78 is 5.61. The van der Waals surface area contributed by atoms with Crippen LogP contribution < -0.4 is 10.1 Å². The minimum atomic E-state index is -0.156. The van der Waals surface area contributed by atoms with Gasteiger partial charge in [0.1, 0.15) is 5.75 Å². The first kappa shape index (κ1) is 18.0. The molecular weight excluding hydrogens is 328 g/mol. The van der Waals surface area contributed by atoms with Gasteiger partial charge in [-0.2, -0.15) is 0 Å². The maximum absolute atomic E-state index is 12.5. The third-order valence-corrected chi connectivity index (χ3v) is 4.76. The maximum atomic E-state index is 12.5. The van der Waals surface area contributed by atoms with Gasteiger partial charge in [-0.05, 0) is 56.0 Å². The molecule has 0 aromatic heterocycles. The van der Waals surface area contributed by atoms with Crippen LogP contribution in [0.2, 0.25) is 0 Å². The molecule has 0 radical (unpaired) electrons. The minimum Gasteiger partial charge on any atom is -0.484 e. The van der Waals surface area contributed by atoms with E-state index >= 15 is 0 Å². The summed E-state index contributed by atoms with van der Waals surface area (Å²) >= 11 is 0. The second kappa shape index (κ2) is 8.04. The van der Waals surface area contributed by atoms with Gasteiger partial charge in [0, 0.05) is 30.4 Å². The van der Waals surface area contributed by atoms with E-state index in [1.54, 1.807) is 24.3 Å². The normalized spacial score (nSPS) is 13.5. The van der Waals surface area contributed by atoms with Crippen LogP contribution in [0.15, 0.2) is 42.5 Å². The molecule has 0 unspecified atom stereocenters. The van der Waals surface area contributed by atoms with E-state index in [-0.39, 0.29) is 18.4 Å². The number of benzene rings is 2. The highest BCUT2D eigenvalue weighted by Crippen LogP contribution is 2.20. The molecule has 1 aliphatic rings. The molecular formula is C21H24N2O3. The molecule has 5 nitrogen and oxygen atoms in total. The molecule has 26 heavy (non-hydrogen) atoms. The quantitative estimate of drug-likeness (QED) is 0.895. The largest absolute Gasteiger partial charge is 0.484 e. The molecule has 1 fully saturated rings. The molecule has 1 aliphatic heterocycles. The summed E-state index contributed by atoms with van der Waals surface area (Å²) in [4.78, 5) is 26.4. The van der Waals surface area contributed by atoms with Gasteiger partial charge >= 0.3 is 0 Å². The van der Waals surface area contributed by atoms with Crippen LogP contribution in [0.25, 0.3) is 0 Å².